The zero-order valence-electron chi connectivity index (χ0n) is 22.8. The van der Waals surface area contributed by atoms with E-state index in [1.54, 1.807) is 0 Å². The van der Waals surface area contributed by atoms with E-state index < -0.39 is 16.8 Å². The summed E-state index contributed by atoms with van der Waals surface area (Å²) in [7, 11) is 0. The number of hydrogen-bond acceptors (Lipinski definition) is 4. The Balaban J connectivity index is 1.63. The Morgan fingerprint density at radius 1 is 0.971 bits per heavy atom. The zero-order chi connectivity index (χ0) is 25.8. The number of hydrogen-bond donors (Lipinski definition) is 2. The standard InChI is InChI=1S/C30H45NO4/c1-25(2)12-14-30(24(33)34)15-13-28(6)18(19(30)16-25)8-9-22-27(5)17-20(31-35)23(32)26(3,4)21(27)10-11-29(22,28)7/h8,19,21-22,35H,9-17H2,1-7H3,(H,33,34)/b31-20-/t19-,21-,22+,27-,28+,29+,30-/m0/s1. The third-order valence-electron chi connectivity index (χ3n) is 12.7. The average molecular weight is 484 g/mol. The van der Waals surface area contributed by atoms with Crippen molar-refractivity contribution < 1.29 is 19.9 Å². The van der Waals surface area contributed by atoms with Crippen molar-refractivity contribution >= 4 is 17.5 Å². The second kappa shape index (κ2) is 7.22. The van der Waals surface area contributed by atoms with Crippen molar-refractivity contribution in [2.75, 3.05) is 0 Å². The quantitative estimate of drug-likeness (QED) is 0.242. The van der Waals surface area contributed by atoms with Gasteiger partial charge in [0.05, 0.1) is 5.41 Å². The molecule has 0 heterocycles. The number of carboxylic acids is 1. The van der Waals surface area contributed by atoms with Crippen molar-refractivity contribution in [2.45, 2.75) is 106 Å². The van der Waals surface area contributed by atoms with E-state index in [0.717, 1.165) is 51.4 Å². The fourth-order valence-electron chi connectivity index (χ4n) is 10.5. The van der Waals surface area contributed by atoms with Gasteiger partial charge in [-0.3, -0.25) is 9.59 Å². The minimum Gasteiger partial charge on any atom is -0.481 e. The predicted octanol–water partition coefficient (Wildman–Crippen LogP) is 6.88. The number of nitrogens with zero attached hydrogens (tertiary/aromatic N) is 1. The summed E-state index contributed by atoms with van der Waals surface area (Å²) in [5.41, 5.74) is 0.575. The van der Waals surface area contributed by atoms with Crippen molar-refractivity contribution in [2.24, 2.45) is 55.4 Å². The van der Waals surface area contributed by atoms with Crippen LogP contribution in [-0.2, 0) is 9.59 Å². The molecule has 0 radical (unpaired) electrons. The van der Waals surface area contributed by atoms with E-state index >= 15 is 0 Å². The molecule has 5 heteroatoms. The Morgan fingerprint density at radius 2 is 1.63 bits per heavy atom. The van der Waals surface area contributed by atoms with Gasteiger partial charge in [0.15, 0.2) is 5.78 Å². The van der Waals surface area contributed by atoms with Crippen LogP contribution < -0.4 is 0 Å². The Kier molecular flexibility index (Phi) is 5.16. The molecule has 4 fully saturated rings. The molecule has 4 saturated carbocycles. The van der Waals surface area contributed by atoms with Gasteiger partial charge in [-0.05, 0) is 90.8 Å². The molecule has 0 bridgehead atoms. The fourth-order valence-corrected chi connectivity index (χ4v) is 10.5. The van der Waals surface area contributed by atoms with Gasteiger partial charge in [0, 0.05) is 11.8 Å². The summed E-state index contributed by atoms with van der Waals surface area (Å²) in [6.07, 6.45) is 10.3. The van der Waals surface area contributed by atoms with Crippen LogP contribution in [0, 0.1) is 50.2 Å². The predicted molar refractivity (Wildman–Crippen MR) is 136 cm³/mol. The molecule has 0 amide bonds. The number of aliphatic carboxylic acids is 1. The SMILES string of the molecule is CC1(C)CC[C@]2(C(=O)O)CC[C@]3(C)C(=CC[C@@H]4[C@@]5(C)C/C(=N/O)C(=O)C(C)(C)[C@@H]5CC[C@]43C)[C@@H]2C1. The van der Waals surface area contributed by atoms with Crippen LogP contribution in [0.15, 0.2) is 16.8 Å². The van der Waals surface area contributed by atoms with Gasteiger partial charge in [0.2, 0.25) is 0 Å². The molecule has 7 atom stereocenters. The van der Waals surface area contributed by atoms with E-state index in [2.05, 4.69) is 45.9 Å². The average Bonchev–Trinajstić information content (AvgIpc) is 2.76. The second-order valence-electron chi connectivity index (χ2n) is 15.0. The lowest BCUT2D eigenvalue weighted by molar-refractivity contribution is -0.181. The summed E-state index contributed by atoms with van der Waals surface area (Å²) >= 11 is 0. The number of rotatable bonds is 1. The number of carbonyl (C=O) groups excluding carboxylic acids is 1. The molecule has 5 aliphatic carbocycles. The van der Waals surface area contributed by atoms with Gasteiger partial charge < -0.3 is 10.3 Å². The Hall–Kier alpha value is -1.65. The molecule has 5 aliphatic rings. The molecule has 2 N–H and O–H groups in total. The zero-order valence-corrected chi connectivity index (χ0v) is 22.8. The molecule has 5 nitrogen and oxygen atoms in total. The van der Waals surface area contributed by atoms with Crippen LogP contribution in [0.5, 0.6) is 0 Å². The summed E-state index contributed by atoms with van der Waals surface area (Å²) in [6.45, 7) is 15.9. The molecular formula is C30H45NO4. The highest BCUT2D eigenvalue weighted by Crippen LogP contribution is 2.75. The van der Waals surface area contributed by atoms with E-state index in [4.69, 9.17) is 0 Å². The van der Waals surface area contributed by atoms with Crippen LogP contribution >= 0.6 is 0 Å². The lowest BCUT2D eigenvalue weighted by Gasteiger charge is -2.70. The van der Waals surface area contributed by atoms with Gasteiger partial charge in [-0.15, -0.1) is 0 Å². The Bertz CT molecular complexity index is 1040. The van der Waals surface area contributed by atoms with Crippen LogP contribution in [0.2, 0.25) is 0 Å². The fraction of sp³-hybridized carbons (Fsp3) is 0.833. The maximum absolute atomic E-state index is 13.2. The lowest BCUT2D eigenvalue weighted by atomic mass is 9.33. The van der Waals surface area contributed by atoms with Crippen molar-refractivity contribution in [1.82, 2.24) is 0 Å². The Labute approximate surface area is 210 Å². The van der Waals surface area contributed by atoms with Crippen molar-refractivity contribution in [3.63, 3.8) is 0 Å². The first-order chi connectivity index (χ1) is 16.1. The highest BCUT2D eigenvalue weighted by molar-refractivity contribution is 6.42. The largest absolute Gasteiger partial charge is 0.481 e. The van der Waals surface area contributed by atoms with Gasteiger partial charge in [-0.25, -0.2) is 0 Å². The third kappa shape index (κ3) is 2.96. The van der Waals surface area contributed by atoms with Crippen LogP contribution in [0.3, 0.4) is 0 Å². The van der Waals surface area contributed by atoms with E-state index in [9.17, 15) is 19.9 Å². The minimum absolute atomic E-state index is 0.00215. The number of Topliss-reactive ketones (excluding diaryl/α,β-unsaturated/α-hetero) is 1. The molecule has 194 valence electrons. The van der Waals surface area contributed by atoms with Crippen LogP contribution in [0.1, 0.15) is 106 Å². The van der Waals surface area contributed by atoms with E-state index in [1.807, 2.05) is 13.8 Å². The first-order valence-corrected chi connectivity index (χ1v) is 13.8. The highest BCUT2D eigenvalue weighted by Gasteiger charge is 2.70. The minimum atomic E-state index is -0.624. The Morgan fingerprint density at radius 3 is 2.26 bits per heavy atom. The molecular weight excluding hydrogens is 438 g/mol. The molecule has 0 aliphatic heterocycles. The first kappa shape index (κ1) is 25.0. The number of allylic oxidation sites excluding steroid dienone is 2. The number of carbonyl (C=O) groups is 2. The van der Waals surface area contributed by atoms with Gasteiger partial charge in [0.1, 0.15) is 5.71 Å². The maximum Gasteiger partial charge on any atom is 0.310 e. The lowest BCUT2D eigenvalue weighted by Crippen LogP contribution is -2.65. The summed E-state index contributed by atoms with van der Waals surface area (Å²) in [6, 6.07) is 0. The molecule has 0 saturated heterocycles. The molecule has 35 heavy (non-hydrogen) atoms. The van der Waals surface area contributed by atoms with Gasteiger partial charge >= 0.3 is 5.97 Å². The van der Waals surface area contributed by atoms with E-state index in [0.29, 0.717) is 18.1 Å². The molecule has 5 rings (SSSR count). The molecule has 0 aromatic rings. The summed E-state index contributed by atoms with van der Waals surface area (Å²) in [5, 5.41) is 23.8. The number of fused-ring (bicyclic) bond motifs is 7. The number of carboxylic acid groups (broad SMARTS) is 1. The third-order valence-corrected chi connectivity index (χ3v) is 12.7. The molecule has 0 aromatic heterocycles. The first-order valence-electron chi connectivity index (χ1n) is 13.8. The smallest absolute Gasteiger partial charge is 0.310 e. The molecule has 0 aromatic carbocycles. The van der Waals surface area contributed by atoms with Gasteiger partial charge in [0.25, 0.3) is 0 Å². The van der Waals surface area contributed by atoms with Crippen molar-refractivity contribution in [3.8, 4) is 0 Å². The molecule has 0 spiro atoms. The summed E-state index contributed by atoms with van der Waals surface area (Å²) < 4.78 is 0. The van der Waals surface area contributed by atoms with E-state index in [-0.39, 0.29) is 39.3 Å². The maximum atomic E-state index is 13.2. The number of oxime groups is 1. The van der Waals surface area contributed by atoms with E-state index in [1.165, 1.54) is 5.57 Å². The second-order valence-corrected chi connectivity index (χ2v) is 15.0. The monoisotopic (exact) mass is 483 g/mol. The van der Waals surface area contributed by atoms with Gasteiger partial charge in [-0.1, -0.05) is 65.3 Å². The summed E-state index contributed by atoms with van der Waals surface area (Å²) in [5.74, 6) is 0.114. The normalized spacial score (nSPS) is 49.2. The number of ketones is 1. The van der Waals surface area contributed by atoms with Gasteiger partial charge in [-0.2, -0.15) is 0 Å². The topological polar surface area (TPSA) is 87.0 Å². The van der Waals surface area contributed by atoms with Crippen LogP contribution in [0.4, 0.5) is 0 Å². The van der Waals surface area contributed by atoms with Crippen molar-refractivity contribution in [1.29, 1.82) is 0 Å². The molecule has 0 unspecified atom stereocenters. The van der Waals surface area contributed by atoms with Crippen molar-refractivity contribution in [3.05, 3.63) is 11.6 Å². The highest BCUT2D eigenvalue weighted by atomic mass is 16.4. The van der Waals surface area contributed by atoms with Crippen LogP contribution in [0.25, 0.3) is 0 Å². The van der Waals surface area contributed by atoms with Crippen LogP contribution in [-0.4, -0.2) is 27.8 Å². The summed E-state index contributed by atoms with van der Waals surface area (Å²) in [4.78, 5) is 25.9.